The zero-order valence-corrected chi connectivity index (χ0v) is 13.4. The number of para-hydroxylation sites is 1. The van der Waals surface area contributed by atoms with Crippen LogP contribution < -0.4 is 5.32 Å². The van der Waals surface area contributed by atoms with E-state index in [4.69, 9.17) is 0 Å². The van der Waals surface area contributed by atoms with Crippen molar-refractivity contribution in [1.82, 2.24) is 4.90 Å². The van der Waals surface area contributed by atoms with Crippen molar-refractivity contribution in [2.75, 3.05) is 25.0 Å². The molecule has 2 aromatic carbocycles. The first kappa shape index (κ1) is 15.1. The largest absolute Gasteiger partial charge is 0.382 e. The van der Waals surface area contributed by atoms with Gasteiger partial charge in [-0.25, -0.2) is 0 Å². The van der Waals surface area contributed by atoms with Crippen molar-refractivity contribution in [3.05, 3.63) is 66.2 Å². The molecule has 3 rings (SSSR count). The predicted octanol–water partition coefficient (Wildman–Crippen LogP) is 4.05. The number of likely N-dealkylation sites (tertiary alicyclic amines) is 1. The highest BCUT2D eigenvalue weighted by molar-refractivity contribution is 5.43. The molecule has 0 aromatic heterocycles. The summed E-state index contributed by atoms with van der Waals surface area (Å²) in [5, 5.41) is 3.70. The molecule has 1 saturated heterocycles. The molecular weight excluding hydrogens is 268 g/mol. The second-order valence-corrected chi connectivity index (χ2v) is 6.42. The standard InChI is InChI=1S/C20H26N2/c1-17-16-22(14-12-18-8-4-2-5-9-18)15-13-20(17)21-19-10-6-3-7-11-19/h2-11,17,20-21H,12-16H2,1H3/t17-,20+/m0/s1. The minimum absolute atomic E-state index is 0.593. The van der Waals surface area contributed by atoms with E-state index in [1.807, 2.05) is 0 Å². The second kappa shape index (κ2) is 7.46. The Bertz CT molecular complexity index is 552. The average molecular weight is 294 g/mol. The van der Waals surface area contributed by atoms with Gasteiger partial charge in [0.1, 0.15) is 0 Å². The summed E-state index contributed by atoms with van der Waals surface area (Å²) in [6, 6.07) is 22.0. The highest BCUT2D eigenvalue weighted by Crippen LogP contribution is 2.21. The molecule has 0 amide bonds. The maximum absolute atomic E-state index is 3.70. The van der Waals surface area contributed by atoms with Crippen LogP contribution in [0, 0.1) is 5.92 Å². The van der Waals surface area contributed by atoms with Crippen molar-refractivity contribution in [3.8, 4) is 0 Å². The molecule has 2 nitrogen and oxygen atoms in total. The summed E-state index contributed by atoms with van der Waals surface area (Å²) in [4.78, 5) is 2.61. The maximum atomic E-state index is 3.70. The van der Waals surface area contributed by atoms with E-state index in [1.165, 1.54) is 37.3 Å². The molecule has 0 aliphatic carbocycles. The summed E-state index contributed by atoms with van der Waals surface area (Å²) in [5.74, 6) is 0.685. The van der Waals surface area contributed by atoms with Gasteiger partial charge in [0.15, 0.2) is 0 Å². The number of piperidine rings is 1. The van der Waals surface area contributed by atoms with Crippen LogP contribution in [0.25, 0.3) is 0 Å². The monoisotopic (exact) mass is 294 g/mol. The van der Waals surface area contributed by atoms with Crippen LogP contribution in [0.5, 0.6) is 0 Å². The topological polar surface area (TPSA) is 15.3 Å². The van der Waals surface area contributed by atoms with Crippen molar-refractivity contribution < 1.29 is 0 Å². The molecule has 0 bridgehead atoms. The summed E-state index contributed by atoms with van der Waals surface area (Å²) in [7, 11) is 0. The molecule has 0 unspecified atom stereocenters. The Morgan fingerprint density at radius 1 is 1.00 bits per heavy atom. The predicted molar refractivity (Wildman–Crippen MR) is 94.2 cm³/mol. The van der Waals surface area contributed by atoms with Gasteiger partial charge in [-0.05, 0) is 36.5 Å². The van der Waals surface area contributed by atoms with Gasteiger partial charge in [0.2, 0.25) is 0 Å². The first-order valence-corrected chi connectivity index (χ1v) is 8.39. The third-order valence-electron chi connectivity index (χ3n) is 4.67. The lowest BCUT2D eigenvalue weighted by molar-refractivity contribution is 0.173. The van der Waals surface area contributed by atoms with Gasteiger partial charge in [0.25, 0.3) is 0 Å². The number of anilines is 1. The van der Waals surface area contributed by atoms with Crippen LogP contribution in [0.1, 0.15) is 18.9 Å². The highest BCUT2D eigenvalue weighted by atomic mass is 15.1. The van der Waals surface area contributed by atoms with Crippen LogP contribution in [0.4, 0.5) is 5.69 Å². The molecular formula is C20H26N2. The summed E-state index contributed by atoms with van der Waals surface area (Å²) in [6.45, 7) is 5.93. The Morgan fingerprint density at radius 3 is 2.36 bits per heavy atom. The fourth-order valence-electron chi connectivity index (χ4n) is 3.33. The lowest BCUT2D eigenvalue weighted by atomic mass is 9.93. The molecule has 2 atom stereocenters. The van der Waals surface area contributed by atoms with E-state index < -0.39 is 0 Å². The molecule has 1 aliphatic rings. The summed E-state index contributed by atoms with van der Waals surface area (Å²) < 4.78 is 0. The fourth-order valence-corrected chi connectivity index (χ4v) is 3.33. The molecule has 1 N–H and O–H groups in total. The molecule has 1 fully saturated rings. The minimum atomic E-state index is 0.593. The van der Waals surface area contributed by atoms with E-state index >= 15 is 0 Å². The van der Waals surface area contributed by atoms with Gasteiger partial charge in [0, 0.05) is 31.4 Å². The summed E-state index contributed by atoms with van der Waals surface area (Å²) in [5.41, 5.74) is 2.69. The van der Waals surface area contributed by atoms with Crippen LogP contribution in [-0.2, 0) is 6.42 Å². The smallest absolute Gasteiger partial charge is 0.0342 e. The third kappa shape index (κ3) is 4.11. The lowest BCUT2D eigenvalue weighted by Crippen LogP contribution is -2.45. The van der Waals surface area contributed by atoms with Gasteiger partial charge in [0.05, 0.1) is 0 Å². The quantitative estimate of drug-likeness (QED) is 0.895. The average Bonchev–Trinajstić information content (AvgIpc) is 2.57. The Labute approximate surface area is 134 Å². The maximum Gasteiger partial charge on any atom is 0.0342 e. The Morgan fingerprint density at radius 2 is 1.68 bits per heavy atom. The number of nitrogens with one attached hydrogen (secondary N) is 1. The second-order valence-electron chi connectivity index (χ2n) is 6.42. The van der Waals surface area contributed by atoms with Gasteiger partial charge in [-0.2, -0.15) is 0 Å². The van der Waals surface area contributed by atoms with E-state index in [0.717, 1.165) is 6.42 Å². The van der Waals surface area contributed by atoms with E-state index in [0.29, 0.717) is 12.0 Å². The number of benzene rings is 2. The zero-order valence-electron chi connectivity index (χ0n) is 13.4. The molecule has 22 heavy (non-hydrogen) atoms. The molecule has 0 radical (unpaired) electrons. The van der Waals surface area contributed by atoms with Crippen LogP contribution in [0.3, 0.4) is 0 Å². The fraction of sp³-hybridized carbons (Fsp3) is 0.400. The first-order chi connectivity index (χ1) is 10.8. The van der Waals surface area contributed by atoms with Crippen LogP contribution >= 0.6 is 0 Å². The van der Waals surface area contributed by atoms with Crippen molar-refractivity contribution >= 4 is 5.69 Å². The molecule has 1 aliphatic heterocycles. The SMILES string of the molecule is C[C@H]1CN(CCc2ccccc2)CC[C@H]1Nc1ccccc1. The van der Waals surface area contributed by atoms with Crippen LogP contribution in [-0.4, -0.2) is 30.6 Å². The lowest BCUT2D eigenvalue weighted by Gasteiger charge is -2.37. The Balaban J connectivity index is 1.47. The van der Waals surface area contributed by atoms with Crippen molar-refractivity contribution in [3.63, 3.8) is 0 Å². The van der Waals surface area contributed by atoms with Gasteiger partial charge in [-0.1, -0.05) is 55.5 Å². The third-order valence-corrected chi connectivity index (χ3v) is 4.67. The normalized spacial score (nSPS) is 22.4. The van der Waals surface area contributed by atoms with Gasteiger partial charge in [-0.3, -0.25) is 0 Å². The number of hydrogen-bond acceptors (Lipinski definition) is 2. The van der Waals surface area contributed by atoms with Crippen LogP contribution in [0.15, 0.2) is 60.7 Å². The summed E-state index contributed by atoms with van der Waals surface area (Å²) >= 11 is 0. The van der Waals surface area contributed by atoms with E-state index in [9.17, 15) is 0 Å². The molecule has 0 spiro atoms. The van der Waals surface area contributed by atoms with Gasteiger partial charge < -0.3 is 10.2 Å². The summed E-state index contributed by atoms with van der Waals surface area (Å²) in [6.07, 6.45) is 2.38. The van der Waals surface area contributed by atoms with Crippen molar-refractivity contribution in [2.24, 2.45) is 5.92 Å². The minimum Gasteiger partial charge on any atom is -0.382 e. The van der Waals surface area contributed by atoms with Gasteiger partial charge >= 0.3 is 0 Å². The molecule has 2 aromatic rings. The molecule has 1 heterocycles. The van der Waals surface area contributed by atoms with Crippen molar-refractivity contribution in [1.29, 1.82) is 0 Å². The van der Waals surface area contributed by atoms with E-state index in [-0.39, 0.29) is 0 Å². The number of nitrogens with zero attached hydrogens (tertiary/aromatic N) is 1. The molecule has 2 heteroatoms. The molecule has 0 saturated carbocycles. The Hall–Kier alpha value is -1.80. The van der Waals surface area contributed by atoms with E-state index in [2.05, 4.69) is 77.8 Å². The van der Waals surface area contributed by atoms with Crippen molar-refractivity contribution in [2.45, 2.75) is 25.8 Å². The first-order valence-electron chi connectivity index (χ1n) is 8.39. The highest BCUT2D eigenvalue weighted by Gasteiger charge is 2.25. The molecule has 116 valence electrons. The van der Waals surface area contributed by atoms with Crippen LogP contribution in [0.2, 0.25) is 0 Å². The number of hydrogen-bond donors (Lipinski definition) is 1. The van der Waals surface area contributed by atoms with Gasteiger partial charge in [-0.15, -0.1) is 0 Å². The number of rotatable bonds is 5. The zero-order chi connectivity index (χ0) is 15.2. The van der Waals surface area contributed by atoms with E-state index in [1.54, 1.807) is 0 Å². The Kier molecular flexibility index (Phi) is 5.12.